The third-order valence-corrected chi connectivity index (χ3v) is 3.89. The van der Waals surface area contributed by atoms with Gasteiger partial charge in [-0.15, -0.1) is 11.3 Å². The zero-order valence-corrected chi connectivity index (χ0v) is 10.0. The van der Waals surface area contributed by atoms with Gasteiger partial charge in [-0.2, -0.15) is 0 Å². The molecule has 1 aromatic heterocycles. The molecule has 0 bridgehead atoms. The summed E-state index contributed by atoms with van der Waals surface area (Å²) in [5, 5.41) is 2.13. The smallest absolute Gasteiger partial charge is 0.0558 e. The van der Waals surface area contributed by atoms with E-state index in [-0.39, 0.29) is 0 Å². The van der Waals surface area contributed by atoms with Crippen molar-refractivity contribution in [2.45, 2.75) is 39.7 Å². The van der Waals surface area contributed by atoms with Crippen LogP contribution in [0, 0.1) is 12.8 Å². The van der Waals surface area contributed by atoms with Crippen molar-refractivity contribution >= 4 is 11.3 Å². The van der Waals surface area contributed by atoms with Crippen molar-refractivity contribution in [3.05, 3.63) is 21.9 Å². The van der Waals surface area contributed by atoms with E-state index in [9.17, 15) is 0 Å². The Morgan fingerprint density at radius 3 is 2.71 bits per heavy atom. The fourth-order valence-electron chi connectivity index (χ4n) is 1.56. The molecule has 0 aliphatic heterocycles. The van der Waals surface area contributed by atoms with E-state index in [0.717, 1.165) is 12.3 Å². The van der Waals surface area contributed by atoms with Crippen LogP contribution in [0.3, 0.4) is 0 Å². The second-order valence-corrected chi connectivity index (χ2v) is 4.88. The van der Waals surface area contributed by atoms with Crippen molar-refractivity contribution in [1.82, 2.24) is 5.43 Å². The Labute approximate surface area is 90.5 Å². The van der Waals surface area contributed by atoms with Crippen molar-refractivity contribution in [2.24, 2.45) is 11.8 Å². The largest absolute Gasteiger partial charge is 0.271 e. The Hall–Kier alpha value is -0.380. The molecule has 0 aliphatic carbocycles. The third-order valence-electron chi connectivity index (χ3n) is 2.75. The highest BCUT2D eigenvalue weighted by molar-refractivity contribution is 7.10. The van der Waals surface area contributed by atoms with Gasteiger partial charge in [0, 0.05) is 4.88 Å². The first-order valence-corrected chi connectivity index (χ1v) is 6.07. The van der Waals surface area contributed by atoms with Crippen molar-refractivity contribution in [3.8, 4) is 0 Å². The Kier molecular flexibility index (Phi) is 4.58. The molecule has 0 amide bonds. The maximum atomic E-state index is 5.59. The molecule has 0 aliphatic rings. The Bertz CT molecular complexity index is 270. The molecule has 3 N–H and O–H groups in total. The van der Waals surface area contributed by atoms with Crippen molar-refractivity contribution in [3.63, 3.8) is 0 Å². The monoisotopic (exact) mass is 212 g/mol. The van der Waals surface area contributed by atoms with Crippen LogP contribution in [-0.2, 0) is 0 Å². The molecule has 1 aromatic rings. The minimum absolute atomic E-state index is 0.324. The lowest BCUT2D eigenvalue weighted by molar-refractivity contribution is 0.411. The fourth-order valence-corrected chi connectivity index (χ4v) is 2.56. The first-order valence-electron chi connectivity index (χ1n) is 5.19. The lowest BCUT2D eigenvalue weighted by atomic mass is 9.97. The zero-order chi connectivity index (χ0) is 10.6. The van der Waals surface area contributed by atoms with Crippen LogP contribution in [0.2, 0.25) is 0 Å². The predicted molar refractivity (Wildman–Crippen MR) is 63.2 cm³/mol. The molecule has 0 fully saturated rings. The molecule has 3 heteroatoms. The second-order valence-electron chi connectivity index (χ2n) is 3.94. The summed E-state index contributed by atoms with van der Waals surface area (Å²) in [5.41, 5.74) is 4.27. The van der Waals surface area contributed by atoms with Crippen molar-refractivity contribution in [1.29, 1.82) is 0 Å². The highest BCUT2D eigenvalue weighted by Gasteiger charge is 2.15. The molecule has 0 spiro atoms. The molecule has 0 radical (unpaired) electrons. The number of rotatable bonds is 5. The van der Waals surface area contributed by atoms with Crippen LogP contribution in [0.1, 0.15) is 43.2 Å². The van der Waals surface area contributed by atoms with Crippen LogP contribution >= 0.6 is 11.3 Å². The van der Waals surface area contributed by atoms with Crippen LogP contribution in [0.4, 0.5) is 0 Å². The lowest BCUT2D eigenvalue weighted by Crippen LogP contribution is -2.29. The average molecular weight is 212 g/mol. The summed E-state index contributed by atoms with van der Waals surface area (Å²) in [6, 6.07) is 2.48. The van der Waals surface area contributed by atoms with Gasteiger partial charge in [0.05, 0.1) is 6.04 Å². The molecular formula is C11H20N2S. The summed E-state index contributed by atoms with van der Waals surface area (Å²) in [7, 11) is 0. The second kappa shape index (κ2) is 5.49. The number of thiophene rings is 1. The van der Waals surface area contributed by atoms with Gasteiger partial charge in [0.25, 0.3) is 0 Å². The van der Waals surface area contributed by atoms with Gasteiger partial charge in [-0.3, -0.25) is 11.3 Å². The summed E-state index contributed by atoms with van der Waals surface area (Å²) >= 11 is 1.79. The Morgan fingerprint density at radius 1 is 1.57 bits per heavy atom. The summed E-state index contributed by atoms with van der Waals surface area (Å²) in [4.78, 5) is 1.38. The van der Waals surface area contributed by atoms with Crippen LogP contribution in [0.15, 0.2) is 11.4 Å². The molecule has 2 atom stereocenters. The van der Waals surface area contributed by atoms with E-state index in [1.165, 1.54) is 16.9 Å². The molecule has 0 aromatic carbocycles. The molecular weight excluding hydrogens is 192 g/mol. The van der Waals surface area contributed by atoms with Crippen molar-refractivity contribution < 1.29 is 0 Å². The quantitative estimate of drug-likeness (QED) is 0.581. The predicted octanol–water partition coefficient (Wildman–Crippen LogP) is 3.00. The SMILES string of the molecule is CCC(C)CC(NN)c1sccc1C. The summed E-state index contributed by atoms with van der Waals surface area (Å²) in [6.07, 6.45) is 2.33. The summed E-state index contributed by atoms with van der Waals surface area (Å²) in [5.74, 6) is 6.31. The van der Waals surface area contributed by atoms with Gasteiger partial charge >= 0.3 is 0 Å². The van der Waals surface area contributed by atoms with Gasteiger partial charge < -0.3 is 0 Å². The zero-order valence-electron chi connectivity index (χ0n) is 9.21. The summed E-state index contributed by atoms with van der Waals surface area (Å²) in [6.45, 7) is 6.64. The topological polar surface area (TPSA) is 38.0 Å². The van der Waals surface area contributed by atoms with E-state index >= 15 is 0 Å². The van der Waals surface area contributed by atoms with Gasteiger partial charge in [0.15, 0.2) is 0 Å². The normalized spacial score (nSPS) is 15.4. The number of hydrogen-bond donors (Lipinski definition) is 2. The van der Waals surface area contributed by atoms with E-state index in [0.29, 0.717) is 6.04 Å². The number of hydrogen-bond acceptors (Lipinski definition) is 3. The molecule has 14 heavy (non-hydrogen) atoms. The molecule has 80 valence electrons. The molecule has 0 saturated carbocycles. The van der Waals surface area contributed by atoms with E-state index in [4.69, 9.17) is 5.84 Å². The molecule has 0 saturated heterocycles. The van der Waals surface area contributed by atoms with Gasteiger partial charge in [0.1, 0.15) is 0 Å². The van der Waals surface area contributed by atoms with Gasteiger partial charge in [-0.1, -0.05) is 20.3 Å². The number of aryl methyl sites for hydroxylation is 1. The molecule has 1 rings (SSSR count). The highest BCUT2D eigenvalue weighted by atomic mass is 32.1. The number of nitrogens with one attached hydrogen (secondary N) is 1. The number of nitrogens with two attached hydrogens (primary N) is 1. The van der Waals surface area contributed by atoms with Gasteiger partial charge in [-0.25, -0.2) is 0 Å². The van der Waals surface area contributed by atoms with Crippen LogP contribution in [-0.4, -0.2) is 0 Å². The van der Waals surface area contributed by atoms with Gasteiger partial charge in [-0.05, 0) is 36.3 Å². The molecule has 2 unspecified atom stereocenters. The minimum Gasteiger partial charge on any atom is -0.271 e. The lowest BCUT2D eigenvalue weighted by Gasteiger charge is -2.19. The van der Waals surface area contributed by atoms with E-state index in [1.807, 2.05) is 0 Å². The highest BCUT2D eigenvalue weighted by Crippen LogP contribution is 2.28. The number of hydrazine groups is 1. The maximum absolute atomic E-state index is 5.59. The Morgan fingerprint density at radius 2 is 2.29 bits per heavy atom. The molecule has 2 nitrogen and oxygen atoms in total. The average Bonchev–Trinajstić information content (AvgIpc) is 2.60. The van der Waals surface area contributed by atoms with Crippen LogP contribution in [0.5, 0.6) is 0 Å². The van der Waals surface area contributed by atoms with E-state index < -0.39 is 0 Å². The van der Waals surface area contributed by atoms with Gasteiger partial charge in [0.2, 0.25) is 0 Å². The Balaban J connectivity index is 2.67. The molecule has 1 heterocycles. The van der Waals surface area contributed by atoms with Crippen molar-refractivity contribution in [2.75, 3.05) is 0 Å². The standard InChI is InChI=1S/C11H20N2S/c1-4-8(2)7-10(13-12)11-9(3)5-6-14-11/h5-6,8,10,13H,4,7,12H2,1-3H3. The first kappa shape index (κ1) is 11.7. The summed E-state index contributed by atoms with van der Waals surface area (Å²) < 4.78 is 0. The maximum Gasteiger partial charge on any atom is 0.0558 e. The van der Waals surface area contributed by atoms with E-state index in [2.05, 4.69) is 37.6 Å². The third kappa shape index (κ3) is 2.80. The first-order chi connectivity index (χ1) is 6.69. The minimum atomic E-state index is 0.324. The fraction of sp³-hybridized carbons (Fsp3) is 0.636. The van der Waals surface area contributed by atoms with E-state index in [1.54, 1.807) is 11.3 Å². The van der Waals surface area contributed by atoms with Crippen LogP contribution in [0.25, 0.3) is 0 Å². The van der Waals surface area contributed by atoms with Crippen LogP contribution < -0.4 is 11.3 Å².